The van der Waals surface area contributed by atoms with Crippen molar-refractivity contribution >= 4 is 7.12 Å². The molecule has 0 radical (unpaired) electrons. The number of hydrogen-bond donors (Lipinski definition) is 2. The first-order valence-corrected chi connectivity index (χ1v) is 2.17. The predicted octanol–water partition coefficient (Wildman–Crippen LogP) is -3.26. The van der Waals surface area contributed by atoms with Gasteiger partial charge >= 0.3 is 36.7 Å². The molecule has 36 valence electrons. The van der Waals surface area contributed by atoms with Crippen molar-refractivity contribution < 1.29 is 41.0 Å². The number of hydrogen-bond acceptors (Lipinski definition) is 2. The molecule has 0 aromatic carbocycles. The van der Waals surface area contributed by atoms with Crippen molar-refractivity contribution in [1.29, 1.82) is 0 Å². The summed E-state index contributed by atoms with van der Waals surface area (Å²) in [6.07, 6.45) is 2.00. The van der Waals surface area contributed by atoms with Crippen molar-refractivity contribution in [2.75, 3.05) is 0 Å². The van der Waals surface area contributed by atoms with Gasteiger partial charge in [0.15, 0.2) is 0 Å². The van der Waals surface area contributed by atoms with Crippen LogP contribution in [0.3, 0.4) is 0 Å². The van der Waals surface area contributed by atoms with Gasteiger partial charge in [-0.2, -0.15) is 0 Å². The molecule has 4 heteroatoms. The summed E-state index contributed by atoms with van der Waals surface area (Å²) in [5.74, 6) is 0.213. The fraction of sp³-hybridized carbons (Fsp3) is 1.00. The van der Waals surface area contributed by atoms with Crippen LogP contribution in [0.15, 0.2) is 0 Å². The molecule has 0 amide bonds. The van der Waals surface area contributed by atoms with Gasteiger partial charge in [0.2, 0.25) is 0 Å². The van der Waals surface area contributed by atoms with Gasteiger partial charge in [-0.05, 0) is 5.82 Å². The zero-order chi connectivity index (χ0) is 4.57. The minimum atomic E-state index is -1.04. The van der Waals surface area contributed by atoms with E-state index in [1.165, 1.54) is 0 Å². The summed E-state index contributed by atoms with van der Waals surface area (Å²) in [6.45, 7) is 0. The van der Waals surface area contributed by atoms with Crippen LogP contribution in [0.1, 0.15) is 14.3 Å². The van der Waals surface area contributed by atoms with Gasteiger partial charge in [0.1, 0.15) is 0 Å². The van der Waals surface area contributed by atoms with Crippen LogP contribution in [0.5, 0.6) is 0 Å². The Hall–Kier alpha value is 0.985. The Morgan fingerprint density at radius 1 is 1.43 bits per heavy atom. The maximum Gasteiger partial charge on any atom is 1.00 e. The SMILES string of the molecule is OB(O)C1CC1.[H-].[Na+]. The molecule has 2 N–H and O–H groups in total. The predicted molar refractivity (Wildman–Crippen MR) is 24.3 cm³/mol. The van der Waals surface area contributed by atoms with Gasteiger partial charge < -0.3 is 11.5 Å². The van der Waals surface area contributed by atoms with E-state index in [1.807, 2.05) is 0 Å². The Morgan fingerprint density at radius 2 is 1.86 bits per heavy atom. The van der Waals surface area contributed by atoms with Crippen molar-refractivity contribution in [3.05, 3.63) is 0 Å². The molecule has 7 heavy (non-hydrogen) atoms. The molecule has 0 bridgehead atoms. The van der Waals surface area contributed by atoms with Crippen LogP contribution in [0, 0.1) is 0 Å². The fourth-order valence-electron chi connectivity index (χ4n) is 0.394. The van der Waals surface area contributed by atoms with Gasteiger partial charge in [-0.15, -0.1) is 0 Å². The van der Waals surface area contributed by atoms with Gasteiger partial charge in [0.25, 0.3) is 0 Å². The largest absolute Gasteiger partial charge is 1.00 e. The zero-order valence-corrected chi connectivity index (χ0v) is 6.46. The van der Waals surface area contributed by atoms with Crippen LogP contribution in [0.25, 0.3) is 0 Å². The van der Waals surface area contributed by atoms with E-state index in [0.717, 1.165) is 12.8 Å². The average Bonchev–Trinajstić information content (AvgIpc) is 2.06. The summed E-state index contributed by atoms with van der Waals surface area (Å²) in [7, 11) is -1.04. The zero-order valence-electron chi connectivity index (χ0n) is 5.46. The van der Waals surface area contributed by atoms with E-state index in [2.05, 4.69) is 0 Å². The minimum Gasteiger partial charge on any atom is -1.00 e. The Bertz CT molecular complexity index is 59.2. The van der Waals surface area contributed by atoms with Crippen LogP contribution in [-0.2, 0) is 0 Å². The van der Waals surface area contributed by atoms with E-state index in [0.29, 0.717) is 0 Å². The molecular formula is C3H8BNaO2. The number of rotatable bonds is 1. The first-order chi connectivity index (χ1) is 2.80. The van der Waals surface area contributed by atoms with Crippen molar-refractivity contribution in [2.45, 2.75) is 18.7 Å². The maximum atomic E-state index is 8.25. The van der Waals surface area contributed by atoms with E-state index in [-0.39, 0.29) is 36.8 Å². The summed E-state index contributed by atoms with van der Waals surface area (Å²) in [4.78, 5) is 0. The molecule has 1 aliphatic rings. The summed E-state index contributed by atoms with van der Waals surface area (Å²) in [5.41, 5.74) is 0. The molecule has 0 spiro atoms. The topological polar surface area (TPSA) is 40.5 Å². The molecule has 0 atom stereocenters. The molecule has 1 fully saturated rings. The second kappa shape index (κ2) is 3.10. The molecule has 1 saturated carbocycles. The summed E-state index contributed by atoms with van der Waals surface area (Å²) in [5, 5.41) is 16.5. The second-order valence-electron chi connectivity index (χ2n) is 1.75. The Labute approximate surface area is 66.8 Å². The van der Waals surface area contributed by atoms with E-state index < -0.39 is 7.12 Å². The third kappa shape index (κ3) is 2.72. The molecule has 0 aromatic heterocycles. The molecule has 0 unspecified atom stereocenters. The van der Waals surface area contributed by atoms with Gasteiger partial charge in [0, 0.05) is 0 Å². The normalized spacial score (nSPS) is 18.0. The standard InChI is InChI=1S/C3H7BO2.Na.H/c5-4(6)3-1-2-3;;/h3,5-6H,1-2H2;;/q;+1;-1. The van der Waals surface area contributed by atoms with E-state index in [9.17, 15) is 0 Å². The fourth-order valence-corrected chi connectivity index (χ4v) is 0.394. The first-order valence-electron chi connectivity index (χ1n) is 2.17. The van der Waals surface area contributed by atoms with E-state index in [1.54, 1.807) is 0 Å². The first kappa shape index (κ1) is 7.98. The van der Waals surface area contributed by atoms with Crippen LogP contribution >= 0.6 is 0 Å². The van der Waals surface area contributed by atoms with Gasteiger partial charge in [0.05, 0.1) is 0 Å². The molecule has 2 nitrogen and oxygen atoms in total. The van der Waals surface area contributed by atoms with Crippen molar-refractivity contribution in [2.24, 2.45) is 0 Å². The summed E-state index contributed by atoms with van der Waals surface area (Å²) in [6, 6.07) is 0. The molecule has 0 heterocycles. The van der Waals surface area contributed by atoms with Crippen molar-refractivity contribution in [3.8, 4) is 0 Å². The summed E-state index contributed by atoms with van der Waals surface area (Å²) < 4.78 is 0. The van der Waals surface area contributed by atoms with Gasteiger partial charge in [-0.1, -0.05) is 12.8 Å². The third-order valence-electron chi connectivity index (χ3n) is 1.04. The molecule has 0 aromatic rings. The van der Waals surface area contributed by atoms with Crippen LogP contribution in [0.2, 0.25) is 5.82 Å². The average molecular weight is 110 g/mol. The second-order valence-corrected chi connectivity index (χ2v) is 1.75. The van der Waals surface area contributed by atoms with Crippen LogP contribution < -0.4 is 29.6 Å². The van der Waals surface area contributed by atoms with Crippen LogP contribution in [0.4, 0.5) is 0 Å². The molecule has 0 aliphatic heterocycles. The Kier molecular flexibility index (Phi) is 3.54. The third-order valence-corrected chi connectivity index (χ3v) is 1.04. The summed E-state index contributed by atoms with van der Waals surface area (Å²) >= 11 is 0. The van der Waals surface area contributed by atoms with E-state index in [4.69, 9.17) is 10.0 Å². The smallest absolute Gasteiger partial charge is 1.00 e. The Morgan fingerprint density at radius 3 is 1.86 bits per heavy atom. The Balaban J connectivity index is 0. The van der Waals surface area contributed by atoms with Gasteiger partial charge in [-0.25, -0.2) is 0 Å². The van der Waals surface area contributed by atoms with Crippen molar-refractivity contribution in [1.82, 2.24) is 0 Å². The maximum absolute atomic E-state index is 8.25. The minimum absolute atomic E-state index is 0. The molecule has 1 rings (SSSR count). The monoisotopic (exact) mass is 110 g/mol. The molecular weight excluding hydrogens is 102 g/mol. The van der Waals surface area contributed by atoms with Crippen molar-refractivity contribution in [3.63, 3.8) is 0 Å². The molecule has 0 saturated heterocycles. The van der Waals surface area contributed by atoms with E-state index >= 15 is 0 Å². The van der Waals surface area contributed by atoms with Gasteiger partial charge in [-0.3, -0.25) is 0 Å². The molecule has 1 aliphatic carbocycles. The quantitative estimate of drug-likeness (QED) is 0.348. The van der Waals surface area contributed by atoms with Crippen LogP contribution in [-0.4, -0.2) is 17.2 Å².